The van der Waals surface area contributed by atoms with Crippen molar-refractivity contribution in [2.45, 2.75) is 6.92 Å². The lowest BCUT2D eigenvalue weighted by Gasteiger charge is -2.12. The molecule has 0 unspecified atom stereocenters. The van der Waals surface area contributed by atoms with Gasteiger partial charge in [0.25, 0.3) is 11.8 Å². The normalized spacial score (nSPS) is 10.9. The molecule has 0 saturated carbocycles. The van der Waals surface area contributed by atoms with E-state index >= 15 is 0 Å². The summed E-state index contributed by atoms with van der Waals surface area (Å²) in [6, 6.07) is 20.4. The van der Waals surface area contributed by atoms with Crippen molar-refractivity contribution in [3.8, 4) is 0 Å². The van der Waals surface area contributed by atoms with E-state index in [-0.39, 0.29) is 11.5 Å². The van der Waals surface area contributed by atoms with Crippen LogP contribution in [-0.4, -0.2) is 17.6 Å². The van der Waals surface area contributed by atoms with Crippen LogP contribution < -0.4 is 10.6 Å². The Morgan fingerprint density at radius 3 is 2.03 bits per heavy atom. The number of anilines is 1. The maximum absolute atomic E-state index is 13.2. The molecule has 30 heavy (non-hydrogen) atoms. The second-order valence-electron chi connectivity index (χ2n) is 6.52. The molecule has 2 amide bonds. The topological polar surface area (TPSA) is 75.3 Å². The third-order valence-electron chi connectivity index (χ3n) is 4.26. The van der Waals surface area contributed by atoms with Gasteiger partial charge in [-0.3, -0.25) is 14.4 Å². The average molecular weight is 402 g/mol. The van der Waals surface area contributed by atoms with Crippen LogP contribution in [0.25, 0.3) is 6.08 Å². The van der Waals surface area contributed by atoms with Crippen LogP contribution in [0.15, 0.2) is 84.6 Å². The number of carbonyl (C=O) groups is 3. The molecule has 5 nitrogen and oxygen atoms in total. The summed E-state index contributed by atoms with van der Waals surface area (Å²) in [5.41, 5.74) is 1.91. The van der Waals surface area contributed by atoms with Gasteiger partial charge in [-0.15, -0.1) is 0 Å². The summed E-state index contributed by atoms with van der Waals surface area (Å²) in [7, 11) is 0. The van der Waals surface area contributed by atoms with E-state index in [0.717, 1.165) is 0 Å². The van der Waals surface area contributed by atoms with Crippen LogP contribution in [0.5, 0.6) is 0 Å². The molecule has 0 aliphatic rings. The number of amides is 2. The molecule has 3 aromatic carbocycles. The Hall–Kier alpha value is -4.06. The summed E-state index contributed by atoms with van der Waals surface area (Å²) in [5.74, 6) is -1.50. The first kappa shape index (κ1) is 20.7. The highest BCUT2D eigenvalue weighted by atomic mass is 19.1. The highest BCUT2D eigenvalue weighted by Gasteiger charge is 2.15. The fourth-order valence-electron chi connectivity index (χ4n) is 2.65. The minimum Gasteiger partial charge on any atom is -0.321 e. The van der Waals surface area contributed by atoms with Gasteiger partial charge in [-0.05, 0) is 67.1 Å². The van der Waals surface area contributed by atoms with Gasteiger partial charge in [0, 0.05) is 16.8 Å². The summed E-state index contributed by atoms with van der Waals surface area (Å²) in [4.78, 5) is 36.8. The minimum absolute atomic E-state index is 0.00824. The second-order valence-corrected chi connectivity index (χ2v) is 6.52. The first-order valence-corrected chi connectivity index (χ1v) is 9.18. The molecule has 150 valence electrons. The zero-order chi connectivity index (χ0) is 21.5. The molecular weight excluding hydrogens is 383 g/mol. The van der Waals surface area contributed by atoms with E-state index in [4.69, 9.17) is 0 Å². The first-order valence-electron chi connectivity index (χ1n) is 9.18. The van der Waals surface area contributed by atoms with Crippen molar-refractivity contribution in [3.63, 3.8) is 0 Å². The van der Waals surface area contributed by atoms with Gasteiger partial charge in [0.1, 0.15) is 11.5 Å². The molecule has 0 aliphatic carbocycles. The molecule has 0 bridgehead atoms. The van der Waals surface area contributed by atoms with Crippen molar-refractivity contribution in [3.05, 3.63) is 107 Å². The maximum atomic E-state index is 13.2. The number of carbonyl (C=O) groups excluding carboxylic acids is 3. The Morgan fingerprint density at radius 2 is 1.43 bits per heavy atom. The van der Waals surface area contributed by atoms with E-state index in [2.05, 4.69) is 10.6 Å². The molecule has 0 spiro atoms. The first-order chi connectivity index (χ1) is 14.4. The Morgan fingerprint density at radius 1 is 0.800 bits per heavy atom. The Balaban J connectivity index is 1.85. The van der Waals surface area contributed by atoms with Crippen molar-refractivity contribution >= 4 is 29.4 Å². The molecule has 6 heteroatoms. The van der Waals surface area contributed by atoms with Gasteiger partial charge in [0.15, 0.2) is 5.78 Å². The lowest BCUT2D eigenvalue weighted by atomic mass is 10.1. The highest BCUT2D eigenvalue weighted by Crippen LogP contribution is 2.13. The molecule has 3 rings (SSSR count). The SMILES string of the molecule is CC(=O)c1ccc(NC(=O)/C(=C\c2ccc(F)cc2)NC(=O)c2ccccc2)cc1. The molecule has 0 radical (unpaired) electrons. The van der Waals surface area contributed by atoms with Gasteiger partial charge in [-0.1, -0.05) is 30.3 Å². The van der Waals surface area contributed by atoms with Crippen molar-refractivity contribution in [2.24, 2.45) is 0 Å². The molecule has 0 fully saturated rings. The van der Waals surface area contributed by atoms with Crippen LogP contribution in [0, 0.1) is 5.82 Å². The summed E-state index contributed by atoms with van der Waals surface area (Å²) in [6.45, 7) is 1.45. The molecule has 0 aliphatic heterocycles. The molecule has 0 heterocycles. The molecular formula is C24H19FN2O3. The van der Waals surface area contributed by atoms with Gasteiger partial charge in [0.2, 0.25) is 0 Å². The van der Waals surface area contributed by atoms with Crippen LogP contribution in [0.3, 0.4) is 0 Å². The van der Waals surface area contributed by atoms with E-state index in [1.54, 1.807) is 54.6 Å². The van der Waals surface area contributed by atoms with E-state index in [9.17, 15) is 18.8 Å². The molecule has 3 aromatic rings. The Kier molecular flexibility index (Phi) is 6.49. The molecule has 0 saturated heterocycles. The van der Waals surface area contributed by atoms with Gasteiger partial charge in [-0.25, -0.2) is 4.39 Å². The van der Waals surface area contributed by atoms with Gasteiger partial charge in [0.05, 0.1) is 0 Å². The third-order valence-corrected chi connectivity index (χ3v) is 4.26. The summed E-state index contributed by atoms with van der Waals surface area (Å²) >= 11 is 0. The fraction of sp³-hybridized carbons (Fsp3) is 0.0417. The molecule has 0 atom stereocenters. The monoisotopic (exact) mass is 402 g/mol. The van der Waals surface area contributed by atoms with Gasteiger partial charge >= 0.3 is 0 Å². The number of halogens is 1. The van der Waals surface area contributed by atoms with Crippen LogP contribution in [0.2, 0.25) is 0 Å². The fourth-order valence-corrected chi connectivity index (χ4v) is 2.65. The summed E-state index contributed by atoms with van der Waals surface area (Å²) < 4.78 is 13.2. The number of rotatable bonds is 6. The summed E-state index contributed by atoms with van der Waals surface area (Å²) in [5, 5.41) is 5.30. The quantitative estimate of drug-likeness (QED) is 0.473. The van der Waals surface area contributed by atoms with E-state index in [0.29, 0.717) is 22.4 Å². The number of hydrogen-bond acceptors (Lipinski definition) is 3. The lowest BCUT2D eigenvalue weighted by molar-refractivity contribution is -0.113. The zero-order valence-electron chi connectivity index (χ0n) is 16.2. The molecule has 2 N–H and O–H groups in total. The van der Waals surface area contributed by atoms with Crippen molar-refractivity contribution in [1.82, 2.24) is 5.32 Å². The van der Waals surface area contributed by atoms with Crippen LogP contribution in [-0.2, 0) is 4.79 Å². The second kappa shape index (κ2) is 9.43. The van der Waals surface area contributed by atoms with E-state index < -0.39 is 17.6 Å². The van der Waals surface area contributed by atoms with Crippen LogP contribution in [0.1, 0.15) is 33.2 Å². The zero-order valence-corrected chi connectivity index (χ0v) is 16.2. The standard InChI is InChI=1S/C24H19FN2O3/c1-16(28)18-9-13-21(14-10-18)26-24(30)22(15-17-7-11-20(25)12-8-17)27-23(29)19-5-3-2-4-6-19/h2-15H,1H3,(H,26,30)(H,27,29)/b22-15+. The number of hydrogen-bond donors (Lipinski definition) is 2. The minimum atomic E-state index is -0.556. The van der Waals surface area contributed by atoms with E-state index in [1.807, 2.05) is 0 Å². The van der Waals surface area contributed by atoms with Gasteiger partial charge in [-0.2, -0.15) is 0 Å². The third kappa shape index (κ3) is 5.48. The number of ketones is 1. The van der Waals surface area contributed by atoms with Crippen molar-refractivity contribution in [2.75, 3.05) is 5.32 Å². The smallest absolute Gasteiger partial charge is 0.272 e. The van der Waals surface area contributed by atoms with E-state index in [1.165, 1.54) is 37.3 Å². The predicted molar refractivity (Wildman–Crippen MR) is 113 cm³/mol. The summed E-state index contributed by atoms with van der Waals surface area (Å²) in [6.07, 6.45) is 1.46. The average Bonchev–Trinajstić information content (AvgIpc) is 2.75. The van der Waals surface area contributed by atoms with Crippen LogP contribution >= 0.6 is 0 Å². The number of Topliss-reactive ketones (excluding diaryl/α,β-unsaturated/α-hetero) is 1. The Bertz CT molecular complexity index is 1090. The Labute approximate surface area is 173 Å². The maximum Gasteiger partial charge on any atom is 0.272 e. The lowest BCUT2D eigenvalue weighted by Crippen LogP contribution is -2.30. The highest BCUT2D eigenvalue weighted by molar-refractivity contribution is 6.10. The van der Waals surface area contributed by atoms with Crippen LogP contribution in [0.4, 0.5) is 10.1 Å². The largest absolute Gasteiger partial charge is 0.321 e. The number of benzene rings is 3. The van der Waals surface area contributed by atoms with Crippen molar-refractivity contribution < 1.29 is 18.8 Å². The van der Waals surface area contributed by atoms with Crippen molar-refractivity contribution in [1.29, 1.82) is 0 Å². The molecule has 0 aromatic heterocycles. The number of nitrogens with one attached hydrogen (secondary N) is 2. The predicted octanol–water partition coefficient (Wildman–Crippen LogP) is 4.44. The van der Waals surface area contributed by atoms with Gasteiger partial charge < -0.3 is 10.6 Å².